The molecule has 0 unspecified atom stereocenters. The van der Waals surface area contributed by atoms with Crippen molar-refractivity contribution < 1.29 is 4.79 Å². The number of hydrogen-bond donors (Lipinski definition) is 2. The molecule has 2 heterocycles. The van der Waals surface area contributed by atoms with E-state index >= 15 is 0 Å². The van der Waals surface area contributed by atoms with Crippen LogP contribution >= 0.6 is 23.4 Å². The van der Waals surface area contributed by atoms with E-state index < -0.39 is 0 Å². The summed E-state index contributed by atoms with van der Waals surface area (Å²) in [4.78, 5) is 25.6. The number of carbonyl (C=O) groups is 1. The lowest BCUT2D eigenvalue weighted by Crippen LogP contribution is -2.14. The number of halogens is 1. The second-order valence-electron chi connectivity index (χ2n) is 4.65. The van der Waals surface area contributed by atoms with E-state index in [1.165, 1.54) is 4.52 Å². The smallest absolute Gasteiger partial charge is 0.271 e. The van der Waals surface area contributed by atoms with Crippen molar-refractivity contribution in [3.05, 3.63) is 45.3 Å². The third-order valence-electron chi connectivity index (χ3n) is 2.93. The van der Waals surface area contributed by atoms with Crippen LogP contribution in [0.3, 0.4) is 0 Å². The molecular weight excluding hydrogens is 340 g/mol. The first-order chi connectivity index (χ1) is 11.0. The summed E-state index contributed by atoms with van der Waals surface area (Å²) in [6, 6.07) is 5.30. The Kier molecular flexibility index (Phi) is 4.30. The lowest BCUT2D eigenvalue weighted by molar-refractivity contribution is -0.113. The normalized spacial score (nSPS) is 10.9. The number of fused-ring (bicyclic) bond motifs is 1. The molecule has 0 aliphatic heterocycles. The Labute approximate surface area is 139 Å². The van der Waals surface area contributed by atoms with Gasteiger partial charge in [-0.05, 0) is 24.6 Å². The molecule has 0 fully saturated rings. The van der Waals surface area contributed by atoms with E-state index in [2.05, 4.69) is 25.6 Å². The summed E-state index contributed by atoms with van der Waals surface area (Å²) < 4.78 is 1.36. The molecule has 0 spiro atoms. The van der Waals surface area contributed by atoms with Gasteiger partial charge in [0, 0.05) is 10.7 Å². The van der Waals surface area contributed by atoms with Crippen LogP contribution in [-0.4, -0.2) is 36.5 Å². The molecule has 3 aromatic rings. The molecule has 0 radical (unpaired) electrons. The van der Waals surface area contributed by atoms with Gasteiger partial charge in [-0.15, -0.1) is 10.2 Å². The fourth-order valence-electron chi connectivity index (χ4n) is 1.79. The number of thioether (sulfide) groups is 1. The number of benzene rings is 1. The van der Waals surface area contributed by atoms with Crippen LogP contribution in [0, 0.1) is 6.92 Å². The van der Waals surface area contributed by atoms with Crippen LogP contribution in [-0.2, 0) is 4.79 Å². The lowest BCUT2D eigenvalue weighted by Gasteiger charge is -2.06. The number of carbonyl (C=O) groups excluding carboxylic acids is 1. The monoisotopic (exact) mass is 350 g/mol. The molecule has 2 N–H and O–H groups in total. The van der Waals surface area contributed by atoms with E-state index in [0.717, 1.165) is 23.5 Å². The largest absolute Gasteiger partial charge is 0.325 e. The molecule has 0 aliphatic carbocycles. The zero-order chi connectivity index (χ0) is 16.4. The van der Waals surface area contributed by atoms with Crippen LogP contribution in [0.15, 0.2) is 34.3 Å². The number of H-pyrrole nitrogens is 1. The number of nitrogens with zero attached hydrogens (tertiary/aromatic N) is 4. The predicted octanol–water partition coefficient (Wildman–Crippen LogP) is 1.51. The molecule has 0 bridgehead atoms. The van der Waals surface area contributed by atoms with Gasteiger partial charge in [0.25, 0.3) is 11.3 Å². The van der Waals surface area contributed by atoms with E-state index in [4.69, 9.17) is 11.6 Å². The summed E-state index contributed by atoms with van der Waals surface area (Å²) in [6.45, 7) is 1.89. The van der Waals surface area contributed by atoms with Gasteiger partial charge in [0.1, 0.15) is 6.20 Å². The van der Waals surface area contributed by atoms with Gasteiger partial charge in [-0.25, -0.2) is 0 Å². The number of aromatic amines is 1. The summed E-state index contributed by atoms with van der Waals surface area (Å²) in [5, 5.41) is 15.3. The molecule has 10 heteroatoms. The fourth-order valence-corrected chi connectivity index (χ4v) is 2.66. The van der Waals surface area contributed by atoms with Crippen LogP contribution in [0.1, 0.15) is 5.56 Å². The minimum Gasteiger partial charge on any atom is -0.325 e. The zero-order valence-corrected chi connectivity index (χ0v) is 13.5. The Morgan fingerprint density at radius 2 is 2.26 bits per heavy atom. The third kappa shape index (κ3) is 3.51. The molecule has 8 nitrogen and oxygen atoms in total. The predicted molar refractivity (Wildman–Crippen MR) is 86.9 cm³/mol. The van der Waals surface area contributed by atoms with E-state index in [9.17, 15) is 9.59 Å². The van der Waals surface area contributed by atoms with Crippen LogP contribution < -0.4 is 10.9 Å². The molecule has 0 atom stereocenters. The summed E-state index contributed by atoms with van der Waals surface area (Å²) >= 11 is 7.18. The first-order valence-corrected chi connectivity index (χ1v) is 7.89. The summed E-state index contributed by atoms with van der Waals surface area (Å²) in [5.41, 5.74) is 1.20. The van der Waals surface area contributed by atoms with Crippen molar-refractivity contribution >= 4 is 40.7 Å². The minimum atomic E-state index is -0.365. The molecular formula is C13H11ClN6O2S. The van der Waals surface area contributed by atoms with E-state index in [0.29, 0.717) is 15.9 Å². The van der Waals surface area contributed by atoms with Crippen molar-refractivity contribution in [2.75, 3.05) is 11.1 Å². The standard InChI is InChI=1S/C13H11ClN6O2S/c1-7-2-3-8(4-9(7)14)16-11(22)6-23-13-19-18-12-17-10(21)5-15-20(12)13/h2-5H,6H2,1H3,(H,16,22)(H,17,18,21). The highest BCUT2D eigenvalue weighted by molar-refractivity contribution is 7.99. The van der Waals surface area contributed by atoms with Crippen molar-refractivity contribution in [1.82, 2.24) is 24.8 Å². The average Bonchev–Trinajstić information content (AvgIpc) is 2.91. The Balaban J connectivity index is 1.66. The van der Waals surface area contributed by atoms with Crippen LogP contribution in [0.2, 0.25) is 5.02 Å². The van der Waals surface area contributed by atoms with Gasteiger partial charge in [-0.3, -0.25) is 14.6 Å². The molecule has 118 valence electrons. The number of hydrogen-bond acceptors (Lipinski definition) is 6. The Morgan fingerprint density at radius 3 is 3.04 bits per heavy atom. The number of anilines is 1. The van der Waals surface area contributed by atoms with E-state index in [1.54, 1.807) is 12.1 Å². The molecule has 0 saturated heterocycles. The Bertz CT molecular complexity index is 938. The Hall–Kier alpha value is -2.39. The van der Waals surface area contributed by atoms with Crippen LogP contribution in [0.4, 0.5) is 5.69 Å². The maximum Gasteiger partial charge on any atom is 0.271 e. The lowest BCUT2D eigenvalue weighted by atomic mass is 10.2. The number of aromatic nitrogens is 5. The van der Waals surface area contributed by atoms with Gasteiger partial charge in [-0.1, -0.05) is 29.4 Å². The van der Waals surface area contributed by atoms with Gasteiger partial charge < -0.3 is 5.32 Å². The molecule has 2 aromatic heterocycles. The fraction of sp³-hybridized carbons (Fsp3) is 0.154. The summed E-state index contributed by atoms with van der Waals surface area (Å²) in [5.74, 6) is 0.134. The highest BCUT2D eigenvalue weighted by Gasteiger charge is 2.11. The number of rotatable bonds is 4. The average molecular weight is 351 g/mol. The molecule has 0 saturated carbocycles. The number of amides is 1. The van der Waals surface area contributed by atoms with E-state index in [1.807, 2.05) is 13.0 Å². The second kappa shape index (κ2) is 6.39. The molecule has 0 aliphatic rings. The van der Waals surface area contributed by atoms with Crippen molar-refractivity contribution in [3.63, 3.8) is 0 Å². The highest BCUT2D eigenvalue weighted by Crippen LogP contribution is 2.20. The number of nitrogens with one attached hydrogen (secondary N) is 2. The van der Waals surface area contributed by atoms with Gasteiger partial charge in [-0.2, -0.15) is 9.61 Å². The maximum atomic E-state index is 12.0. The summed E-state index contributed by atoms with van der Waals surface area (Å²) in [7, 11) is 0. The van der Waals surface area contributed by atoms with Crippen LogP contribution in [0.25, 0.3) is 5.78 Å². The molecule has 3 rings (SSSR count). The zero-order valence-electron chi connectivity index (χ0n) is 11.9. The highest BCUT2D eigenvalue weighted by atomic mass is 35.5. The van der Waals surface area contributed by atoms with Gasteiger partial charge in [0.15, 0.2) is 0 Å². The van der Waals surface area contributed by atoms with Crippen molar-refractivity contribution in [3.8, 4) is 0 Å². The quantitative estimate of drug-likeness (QED) is 0.691. The molecule has 23 heavy (non-hydrogen) atoms. The summed E-state index contributed by atoms with van der Waals surface area (Å²) in [6.07, 6.45) is 1.12. The Morgan fingerprint density at radius 1 is 1.43 bits per heavy atom. The maximum absolute atomic E-state index is 12.0. The molecule has 1 amide bonds. The van der Waals surface area contributed by atoms with Gasteiger partial charge >= 0.3 is 0 Å². The van der Waals surface area contributed by atoms with Gasteiger partial charge in [0.05, 0.1) is 5.75 Å². The second-order valence-corrected chi connectivity index (χ2v) is 6.00. The number of aryl methyl sites for hydroxylation is 1. The minimum absolute atomic E-state index is 0.118. The van der Waals surface area contributed by atoms with Gasteiger partial charge in [0.2, 0.25) is 11.1 Å². The van der Waals surface area contributed by atoms with Crippen LogP contribution in [0.5, 0.6) is 0 Å². The van der Waals surface area contributed by atoms with E-state index in [-0.39, 0.29) is 23.0 Å². The van der Waals surface area contributed by atoms with Crippen molar-refractivity contribution in [2.24, 2.45) is 0 Å². The van der Waals surface area contributed by atoms with Crippen molar-refractivity contribution in [1.29, 1.82) is 0 Å². The molecule has 1 aromatic carbocycles. The SMILES string of the molecule is Cc1ccc(NC(=O)CSc2nnc3[nH]c(=O)cnn23)cc1Cl. The van der Waals surface area contributed by atoms with Crippen molar-refractivity contribution in [2.45, 2.75) is 12.1 Å². The third-order valence-corrected chi connectivity index (χ3v) is 4.25. The topological polar surface area (TPSA) is 105 Å². The first kappa shape index (κ1) is 15.5. The first-order valence-electron chi connectivity index (χ1n) is 6.52.